The maximum Gasteiger partial charge on any atom is 0.238 e. The highest BCUT2D eigenvalue weighted by Gasteiger charge is 2.19. The van der Waals surface area contributed by atoms with Gasteiger partial charge in [0.1, 0.15) is 11.4 Å². The lowest BCUT2D eigenvalue weighted by atomic mass is 9.96. The fraction of sp³-hybridized carbons (Fsp3) is 0.0588. The Balaban J connectivity index is 1.28. The van der Waals surface area contributed by atoms with Crippen molar-refractivity contribution >= 4 is 75.7 Å². The first-order valence-corrected chi connectivity index (χ1v) is 17.5. The molecule has 48 heavy (non-hydrogen) atoms. The molecular formula is C34H30N8O4S2. The molecule has 242 valence electrons. The Hall–Kier alpha value is -5.54. The van der Waals surface area contributed by atoms with Crippen LogP contribution >= 0.6 is 0 Å². The van der Waals surface area contributed by atoms with Gasteiger partial charge in [-0.25, -0.2) is 27.1 Å². The standard InChI is InChI=1S/C34H30N8O4S2/c1-19-15-21(39-41-29-17-31(47(37,43)44)25-7-3-5-9-27(25)33(29)35)11-13-23(19)24-14-12-22(16-20(24)2)40-42-30-18-32(48(38,45)46)26-8-4-6-10-28(26)34(30)36/h3-18H,35-36H2,1-2H3,(H2,37,43,44)(H2,38,45,46). The SMILES string of the molecule is Cc1cc(N=Nc2cc(S(N)(=O)=O)c3ccccc3c2N)ccc1-c1ccc(N=Nc2cc(S(N)(=O)=O)c3ccccc3c2N)cc1C. The summed E-state index contributed by atoms with van der Waals surface area (Å²) < 4.78 is 49.1. The molecule has 0 aliphatic heterocycles. The number of rotatable bonds is 7. The third-order valence-electron chi connectivity index (χ3n) is 7.92. The zero-order chi connectivity index (χ0) is 34.4. The predicted molar refractivity (Wildman–Crippen MR) is 189 cm³/mol. The summed E-state index contributed by atoms with van der Waals surface area (Å²) in [5.74, 6) is 0. The van der Waals surface area contributed by atoms with Crippen LogP contribution in [0.3, 0.4) is 0 Å². The second kappa shape index (κ2) is 12.2. The monoisotopic (exact) mass is 678 g/mol. The second-order valence-electron chi connectivity index (χ2n) is 11.2. The van der Waals surface area contributed by atoms with E-state index < -0.39 is 20.0 Å². The minimum Gasteiger partial charge on any atom is -0.396 e. The molecule has 14 heteroatoms. The van der Waals surface area contributed by atoms with Gasteiger partial charge in [0, 0.05) is 21.5 Å². The molecule has 0 aliphatic carbocycles. The van der Waals surface area contributed by atoms with Crippen molar-refractivity contribution in [3.8, 4) is 11.1 Å². The molecule has 0 heterocycles. The van der Waals surface area contributed by atoms with Crippen LogP contribution in [0.2, 0.25) is 0 Å². The number of nitrogens with zero attached hydrogens (tertiary/aromatic N) is 4. The van der Waals surface area contributed by atoms with E-state index in [1.807, 2.05) is 38.1 Å². The van der Waals surface area contributed by atoms with Gasteiger partial charge in [-0.15, -0.1) is 10.2 Å². The normalized spacial score (nSPS) is 12.5. The number of aryl methyl sites for hydroxylation is 2. The molecule has 0 bridgehead atoms. The Kier molecular flexibility index (Phi) is 8.26. The van der Waals surface area contributed by atoms with E-state index in [0.717, 1.165) is 22.3 Å². The van der Waals surface area contributed by atoms with E-state index in [1.165, 1.54) is 12.1 Å². The topological polar surface area (TPSA) is 222 Å². The van der Waals surface area contributed by atoms with Gasteiger partial charge in [-0.2, -0.15) is 10.2 Å². The highest BCUT2D eigenvalue weighted by Crippen LogP contribution is 2.39. The van der Waals surface area contributed by atoms with Crippen LogP contribution in [0.5, 0.6) is 0 Å². The van der Waals surface area contributed by atoms with Gasteiger partial charge < -0.3 is 11.5 Å². The van der Waals surface area contributed by atoms with Gasteiger partial charge in [0.05, 0.1) is 32.5 Å². The highest BCUT2D eigenvalue weighted by atomic mass is 32.2. The van der Waals surface area contributed by atoms with Crippen molar-refractivity contribution in [3.05, 3.63) is 108 Å². The lowest BCUT2D eigenvalue weighted by molar-refractivity contribution is 0.597. The molecule has 0 saturated carbocycles. The maximum absolute atomic E-state index is 12.3. The van der Waals surface area contributed by atoms with Crippen LogP contribution in [-0.4, -0.2) is 16.8 Å². The summed E-state index contributed by atoms with van der Waals surface area (Å²) in [5, 5.41) is 30.0. The number of fused-ring (bicyclic) bond motifs is 2. The molecule has 12 nitrogen and oxygen atoms in total. The van der Waals surface area contributed by atoms with Crippen molar-refractivity contribution in [2.24, 2.45) is 30.7 Å². The van der Waals surface area contributed by atoms with Crippen molar-refractivity contribution < 1.29 is 16.8 Å². The van der Waals surface area contributed by atoms with Crippen LogP contribution < -0.4 is 21.7 Å². The van der Waals surface area contributed by atoms with Gasteiger partial charge in [-0.1, -0.05) is 60.7 Å². The molecule has 8 N–H and O–H groups in total. The first kappa shape index (κ1) is 32.4. The summed E-state index contributed by atoms with van der Waals surface area (Å²) in [6, 6.07) is 27.4. The zero-order valence-electron chi connectivity index (χ0n) is 25.8. The molecule has 6 aromatic rings. The summed E-state index contributed by atoms with van der Waals surface area (Å²) in [4.78, 5) is -0.166. The smallest absolute Gasteiger partial charge is 0.238 e. The van der Waals surface area contributed by atoms with Gasteiger partial charge in [-0.05, 0) is 72.5 Å². The quantitative estimate of drug-likeness (QED) is 0.0983. The molecular weight excluding hydrogens is 649 g/mol. The van der Waals surface area contributed by atoms with E-state index in [4.69, 9.17) is 21.7 Å². The van der Waals surface area contributed by atoms with Gasteiger partial charge >= 0.3 is 0 Å². The van der Waals surface area contributed by atoms with E-state index in [2.05, 4.69) is 20.5 Å². The number of azo groups is 2. The van der Waals surface area contributed by atoms with Crippen molar-refractivity contribution in [1.29, 1.82) is 0 Å². The van der Waals surface area contributed by atoms with Crippen LogP contribution in [0, 0.1) is 13.8 Å². The largest absolute Gasteiger partial charge is 0.396 e. The third-order valence-corrected chi connectivity index (χ3v) is 9.82. The van der Waals surface area contributed by atoms with Crippen molar-refractivity contribution in [2.45, 2.75) is 23.6 Å². The Bertz CT molecular complexity index is 2390. The van der Waals surface area contributed by atoms with E-state index >= 15 is 0 Å². The molecule has 0 atom stereocenters. The van der Waals surface area contributed by atoms with Crippen LogP contribution in [0.15, 0.2) is 127 Å². The fourth-order valence-corrected chi connectivity index (χ4v) is 7.11. The van der Waals surface area contributed by atoms with E-state index in [9.17, 15) is 16.8 Å². The molecule has 0 aromatic heterocycles. The third kappa shape index (κ3) is 6.24. The minimum absolute atomic E-state index is 0.0831. The lowest BCUT2D eigenvalue weighted by Gasteiger charge is -2.11. The first-order valence-electron chi connectivity index (χ1n) is 14.5. The Morgan fingerprint density at radius 1 is 0.479 bits per heavy atom. The number of nitrogens with two attached hydrogens (primary N) is 4. The van der Waals surface area contributed by atoms with Gasteiger partial charge in [-0.3, -0.25) is 0 Å². The average Bonchev–Trinajstić information content (AvgIpc) is 3.03. The zero-order valence-corrected chi connectivity index (χ0v) is 27.4. The van der Waals surface area contributed by atoms with Gasteiger partial charge in [0.25, 0.3) is 0 Å². The average molecular weight is 679 g/mol. The number of benzene rings is 6. The Labute approximate surface area is 276 Å². The Morgan fingerprint density at radius 2 is 0.833 bits per heavy atom. The van der Waals surface area contributed by atoms with Crippen molar-refractivity contribution in [3.63, 3.8) is 0 Å². The summed E-state index contributed by atoms with van der Waals surface area (Å²) in [7, 11) is -8.08. The number of nitrogen functional groups attached to an aromatic ring is 2. The molecule has 0 aliphatic rings. The van der Waals surface area contributed by atoms with Crippen molar-refractivity contribution in [2.75, 3.05) is 11.5 Å². The number of hydrogen-bond acceptors (Lipinski definition) is 10. The second-order valence-corrected chi connectivity index (χ2v) is 14.3. The molecule has 6 rings (SSSR count). The number of hydrogen-bond donors (Lipinski definition) is 4. The highest BCUT2D eigenvalue weighted by molar-refractivity contribution is 7.89. The molecule has 0 fully saturated rings. The summed E-state index contributed by atoms with van der Waals surface area (Å²) in [5.41, 5.74) is 18.4. The van der Waals surface area contributed by atoms with Crippen LogP contribution in [-0.2, 0) is 20.0 Å². The van der Waals surface area contributed by atoms with Crippen LogP contribution in [0.25, 0.3) is 32.7 Å². The van der Waals surface area contributed by atoms with Crippen molar-refractivity contribution in [1.82, 2.24) is 0 Å². The summed E-state index contributed by atoms with van der Waals surface area (Å²) >= 11 is 0. The van der Waals surface area contributed by atoms with Crippen LogP contribution in [0.1, 0.15) is 11.1 Å². The summed E-state index contributed by atoms with van der Waals surface area (Å²) in [6.45, 7) is 3.88. The number of sulfonamides is 2. The molecule has 6 aromatic carbocycles. The first-order chi connectivity index (χ1) is 22.7. The molecule has 0 spiro atoms. The molecule has 0 amide bonds. The van der Waals surface area contributed by atoms with Crippen LogP contribution in [0.4, 0.5) is 34.1 Å². The molecule has 0 saturated heterocycles. The maximum atomic E-state index is 12.3. The van der Waals surface area contributed by atoms with E-state index in [-0.39, 0.29) is 32.5 Å². The lowest BCUT2D eigenvalue weighted by Crippen LogP contribution is -2.13. The minimum atomic E-state index is -4.04. The molecule has 0 unspecified atom stereocenters. The van der Waals surface area contributed by atoms with E-state index in [0.29, 0.717) is 32.9 Å². The Morgan fingerprint density at radius 3 is 1.17 bits per heavy atom. The van der Waals surface area contributed by atoms with E-state index in [1.54, 1.807) is 60.7 Å². The number of primary sulfonamides is 2. The van der Waals surface area contributed by atoms with Gasteiger partial charge in [0.15, 0.2) is 0 Å². The van der Waals surface area contributed by atoms with Gasteiger partial charge in [0.2, 0.25) is 20.0 Å². The fourth-order valence-electron chi connectivity index (χ4n) is 5.58. The molecule has 0 radical (unpaired) electrons. The predicted octanol–water partition coefficient (Wildman–Crippen LogP) is 7.57. The number of anilines is 2. The summed E-state index contributed by atoms with van der Waals surface area (Å²) in [6.07, 6.45) is 0.